The molecule has 0 aromatic carbocycles. The summed E-state index contributed by atoms with van der Waals surface area (Å²) in [6, 6.07) is 0. The van der Waals surface area contributed by atoms with Crippen LogP contribution in [0.5, 0.6) is 0 Å². The number of hydrogen-bond acceptors (Lipinski definition) is 2. The van der Waals surface area contributed by atoms with Crippen molar-refractivity contribution in [3.05, 3.63) is 0 Å². The van der Waals surface area contributed by atoms with E-state index in [2.05, 4.69) is 6.92 Å². The molecule has 1 aliphatic carbocycles. The third-order valence-electron chi connectivity index (χ3n) is 4.10. The normalized spacial score (nSPS) is 17.6. The first kappa shape index (κ1) is 14.5. The van der Waals surface area contributed by atoms with Crippen molar-refractivity contribution >= 4 is 5.91 Å². The lowest BCUT2D eigenvalue weighted by Gasteiger charge is -2.30. The number of amides is 1. The van der Waals surface area contributed by atoms with Gasteiger partial charge in [0.1, 0.15) is 0 Å². The van der Waals surface area contributed by atoms with E-state index < -0.39 is 0 Å². The van der Waals surface area contributed by atoms with Crippen LogP contribution < -0.4 is 5.73 Å². The van der Waals surface area contributed by atoms with Crippen LogP contribution in [0.1, 0.15) is 51.9 Å². The van der Waals surface area contributed by atoms with Crippen molar-refractivity contribution < 1.29 is 4.79 Å². The maximum atomic E-state index is 11.9. The van der Waals surface area contributed by atoms with Crippen molar-refractivity contribution in [1.82, 2.24) is 4.90 Å². The summed E-state index contributed by atoms with van der Waals surface area (Å²) in [7, 11) is 1.95. The zero-order valence-corrected chi connectivity index (χ0v) is 11.5. The number of carbonyl (C=O) groups excluding carboxylic acids is 1. The molecule has 3 nitrogen and oxygen atoms in total. The molecule has 0 aliphatic heterocycles. The van der Waals surface area contributed by atoms with Crippen LogP contribution in [0.2, 0.25) is 0 Å². The van der Waals surface area contributed by atoms with Crippen molar-refractivity contribution in [2.75, 3.05) is 20.1 Å². The standard InChI is InChI=1S/C14H28N2O/c1-3-12(9-10-15)7-8-14(17)16(2)11-13-5-4-6-13/h12-13H,3-11,15H2,1-2H3. The fourth-order valence-corrected chi connectivity index (χ4v) is 2.47. The summed E-state index contributed by atoms with van der Waals surface area (Å²) in [6.07, 6.45) is 7.85. The molecular weight excluding hydrogens is 212 g/mol. The molecular formula is C14H28N2O. The number of rotatable bonds is 8. The van der Waals surface area contributed by atoms with Crippen molar-refractivity contribution in [2.45, 2.75) is 51.9 Å². The fourth-order valence-electron chi connectivity index (χ4n) is 2.47. The van der Waals surface area contributed by atoms with E-state index in [4.69, 9.17) is 5.73 Å². The summed E-state index contributed by atoms with van der Waals surface area (Å²) in [5, 5.41) is 0. The zero-order chi connectivity index (χ0) is 12.7. The molecule has 0 aromatic heterocycles. The third kappa shape index (κ3) is 5.07. The molecule has 1 atom stereocenters. The van der Waals surface area contributed by atoms with Crippen LogP contribution in [0.15, 0.2) is 0 Å². The van der Waals surface area contributed by atoms with E-state index in [1.165, 1.54) is 19.3 Å². The van der Waals surface area contributed by atoms with Crippen molar-refractivity contribution in [3.8, 4) is 0 Å². The van der Waals surface area contributed by atoms with Gasteiger partial charge in [-0.05, 0) is 44.1 Å². The van der Waals surface area contributed by atoms with E-state index in [-0.39, 0.29) is 0 Å². The van der Waals surface area contributed by atoms with Gasteiger partial charge in [0, 0.05) is 20.0 Å². The molecule has 1 rings (SSSR count). The molecule has 1 amide bonds. The molecule has 3 heteroatoms. The molecule has 0 aromatic rings. The van der Waals surface area contributed by atoms with Gasteiger partial charge in [0.15, 0.2) is 0 Å². The Kier molecular flexibility index (Phi) is 6.56. The highest BCUT2D eigenvalue weighted by Crippen LogP contribution is 2.27. The summed E-state index contributed by atoms with van der Waals surface area (Å²) in [5.74, 6) is 1.71. The van der Waals surface area contributed by atoms with Gasteiger partial charge in [-0.1, -0.05) is 19.8 Å². The van der Waals surface area contributed by atoms with Crippen LogP contribution in [0, 0.1) is 11.8 Å². The van der Waals surface area contributed by atoms with Gasteiger partial charge in [-0.3, -0.25) is 4.79 Å². The largest absolute Gasteiger partial charge is 0.345 e. The van der Waals surface area contributed by atoms with Gasteiger partial charge < -0.3 is 10.6 Å². The van der Waals surface area contributed by atoms with Crippen LogP contribution in [-0.2, 0) is 4.79 Å². The summed E-state index contributed by atoms with van der Waals surface area (Å²) < 4.78 is 0. The molecule has 1 unspecified atom stereocenters. The van der Waals surface area contributed by atoms with Gasteiger partial charge in [0.05, 0.1) is 0 Å². The Labute approximate surface area is 106 Å². The van der Waals surface area contributed by atoms with E-state index in [1.54, 1.807) is 0 Å². The molecule has 2 N–H and O–H groups in total. The summed E-state index contributed by atoms with van der Waals surface area (Å²) in [4.78, 5) is 13.9. The highest BCUT2D eigenvalue weighted by molar-refractivity contribution is 5.75. The molecule has 100 valence electrons. The summed E-state index contributed by atoms with van der Waals surface area (Å²) in [6.45, 7) is 3.89. The fraction of sp³-hybridized carbons (Fsp3) is 0.929. The second-order valence-electron chi connectivity index (χ2n) is 5.46. The lowest BCUT2D eigenvalue weighted by Crippen LogP contribution is -2.34. The Hall–Kier alpha value is -0.570. The highest BCUT2D eigenvalue weighted by Gasteiger charge is 2.21. The van der Waals surface area contributed by atoms with Crippen LogP contribution in [0.4, 0.5) is 0 Å². The molecule has 0 radical (unpaired) electrons. The Morgan fingerprint density at radius 2 is 2.12 bits per heavy atom. The monoisotopic (exact) mass is 240 g/mol. The molecule has 1 saturated carbocycles. The van der Waals surface area contributed by atoms with E-state index >= 15 is 0 Å². The van der Waals surface area contributed by atoms with E-state index in [9.17, 15) is 4.79 Å². The van der Waals surface area contributed by atoms with Gasteiger partial charge in [-0.15, -0.1) is 0 Å². The lowest BCUT2D eigenvalue weighted by atomic mass is 9.85. The van der Waals surface area contributed by atoms with Gasteiger partial charge in [0.2, 0.25) is 5.91 Å². The summed E-state index contributed by atoms with van der Waals surface area (Å²) in [5.41, 5.74) is 5.57. The van der Waals surface area contributed by atoms with Gasteiger partial charge in [-0.25, -0.2) is 0 Å². The Morgan fingerprint density at radius 1 is 1.41 bits per heavy atom. The third-order valence-corrected chi connectivity index (χ3v) is 4.10. The summed E-state index contributed by atoms with van der Waals surface area (Å²) >= 11 is 0. The van der Waals surface area contributed by atoms with Crippen LogP contribution in [0.25, 0.3) is 0 Å². The van der Waals surface area contributed by atoms with Gasteiger partial charge in [-0.2, -0.15) is 0 Å². The topological polar surface area (TPSA) is 46.3 Å². The Balaban J connectivity index is 2.17. The average molecular weight is 240 g/mol. The maximum Gasteiger partial charge on any atom is 0.222 e. The minimum atomic E-state index is 0.312. The number of nitrogens with two attached hydrogens (primary N) is 1. The molecule has 17 heavy (non-hydrogen) atoms. The smallest absolute Gasteiger partial charge is 0.222 e. The molecule has 1 aliphatic rings. The minimum Gasteiger partial charge on any atom is -0.345 e. The SMILES string of the molecule is CCC(CCN)CCC(=O)N(C)CC1CCC1. The second-order valence-corrected chi connectivity index (χ2v) is 5.46. The Morgan fingerprint density at radius 3 is 2.59 bits per heavy atom. The van der Waals surface area contributed by atoms with Crippen LogP contribution >= 0.6 is 0 Å². The first-order valence-electron chi connectivity index (χ1n) is 7.11. The first-order chi connectivity index (χ1) is 8.17. The van der Waals surface area contributed by atoms with E-state index in [0.717, 1.165) is 38.3 Å². The maximum absolute atomic E-state index is 11.9. The average Bonchev–Trinajstić information content (AvgIpc) is 2.28. The predicted molar refractivity (Wildman–Crippen MR) is 71.7 cm³/mol. The molecule has 1 fully saturated rings. The highest BCUT2D eigenvalue weighted by atomic mass is 16.2. The second kappa shape index (κ2) is 7.70. The van der Waals surface area contributed by atoms with Crippen molar-refractivity contribution in [3.63, 3.8) is 0 Å². The number of carbonyl (C=O) groups is 1. The molecule has 0 bridgehead atoms. The zero-order valence-electron chi connectivity index (χ0n) is 11.5. The number of nitrogens with zero attached hydrogens (tertiary/aromatic N) is 1. The molecule has 0 saturated heterocycles. The van der Waals surface area contributed by atoms with E-state index in [1.807, 2.05) is 11.9 Å². The quantitative estimate of drug-likeness (QED) is 0.708. The van der Waals surface area contributed by atoms with Crippen molar-refractivity contribution in [2.24, 2.45) is 17.6 Å². The Bertz CT molecular complexity index is 226. The van der Waals surface area contributed by atoms with Gasteiger partial charge >= 0.3 is 0 Å². The predicted octanol–water partition coefficient (Wildman–Crippen LogP) is 2.40. The van der Waals surface area contributed by atoms with E-state index in [0.29, 0.717) is 18.2 Å². The lowest BCUT2D eigenvalue weighted by molar-refractivity contribution is -0.131. The number of hydrogen-bond donors (Lipinski definition) is 1. The van der Waals surface area contributed by atoms with Crippen LogP contribution in [0.3, 0.4) is 0 Å². The van der Waals surface area contributed by atoms with Crippen LogP contribution in [-0.4, -0.2) is 30.9 Å². The first-order valence-corrected chi connectivity index (χ1v) is 7.11. The minimum absolute atomic E-state index is 0.312. The van der Waals surface area contributed by atoms with Crippen molar-refractivity contribution in [1.29, 1.82) is 0 Å². The molecule has 0 heterocycles. The van der Waals surface area contributed by atoms with Gasteiger partial charge in [0.25, 0.3) is 0 Å². The molecule has 0 spiro atoms.